The third kappa shape index (κ3) is 5.16. The number of carbonyl (C=O) groups excluding carboxylic acids is 2. The molecule has 0 saturated heterocycles. The molecule has 0 aliphatic rings. The zero-order chi connectivity index (χ0) is 19.9. The molecule has 0 aliphatic carbocycles. The molecule has 0 aliphatic heterocycles. The molecule has 0 bridgehead atoms. The summed E-state index contributed by atoms with van der Waals surface area (Å²) in [5.41, 5.74) is 6.05. The van der Waals surface area contributed by atoms with E-state index in [4.69, 9.17) is 4.74 Å². The Hall–Kier alpha value is -3.68. The van der Waals surface area contributed by atoms with E-state index in [1.165, 1.54) is 31.2 Å². The summed E-state index contributed by atoms with van der Waals surface area (Å²) in [6.45, 7) is 2.12. The fourth-order valence-electron chi connectivity index (χ4n) is 2.41. The number of hydrogen-bond acceptors (Lipinski definition) is 4. The van der Waals surface area contributed by atoms with E-state index in [1.54, 1.807) is 23.0 Å². The van der Waals surface area contributed by atoms with E-state index >= 15 is 0 Å². The highest BCUT2D eigenvalue weighted by molar-refractivity contribution is 5.95. The minimum absolute atomic E-state index is 0.350. The molecule has 0 spiro atoms. The lowest BCUT2D eigenvalue weighted by atomic mass is 10.1. The summed E-state index contributed by atoms with van der Waals surface area (Å²) >= 11 is 0. The summed E-state index contributed by atoms with van der Waals surface area (Å²) in [5, 5.41) is 4.13. The fourth-order valence-corrected chi connectivity index (χ4v) is 2.41. The Morgan fingerprint density at radius 2 is 1.82 bits per heavy atom. The van der Waals surface area contributed by atoms with Crippen LogP contribution in [-0.4, -0.2) is 27.7 Å². The van der Waals surface area contributed by atoms with Crippen molar-refractivity contribution in [2.45, 2.75) is 19.6 Å². The van der Waals surface area contributed by atoms with Crippen molar-refractivity contribution in [3.8, 4) is 5.75 Å². The molecule has 1 unspecified atom stereocenters. The van der Waals surface area contributed by atoms with E-state index in [1.807, 2.05) is 24.4 Å². The SMILES string of the molecule is CC(Oc1ccc(F)cc1)C(=O)NNC(=O)c1ccc(Cn2cccn2)cc1. The predicted octanol–water partition coefficient (Wildman–Crippen LogP) is 2.30. The minimum atomic E-state index is -0.873. The van der Waals surface area contributed by atoms with Gasteiger partial charge < -0.3 is 4.74 Å². The van der Waals surface area contributed by atoms with Crippen LogP contribution in [0.4, 0.5) is 4.39 Å². The van der Waals surface area contributed by atoms with Crippen molar-refractivity contribution >= 4 is 11.8 Å². The van der Waals surface area contributed by atoms with Crippen LogP contribution >= 0.6 is 0 Å². The summed E-state index contributed by atoms with van der Waals surface area (Å²) in [7, 11) is 0. The average molecular weight is 382 g/mol. The lowest BCUT2D eigenvalue weighted by Crippen LogP contribution is -2.47. The maximum absolute atomic E-state index is 12.9. The van der Waals surface area contributed by atoms with Gasteiger partial charge in [0.15, 0.2) is 6.10 Å². The largest absolute Gasteiger partial charge is 0.481 e. The monoisotopic (exact) mass is 382 g/mol. The second-order valence-corrected chi connectivity index (χ2v) is 6.06. The zero-order valence-electron chi connectivity index (χ0n) is 15.1. The van der Waals surface area contributed by atoms with Crippen LogP contribution < -0.4 is 15.6 Å². The predicted molar refractivity (Wildman–Crippen MR) is 99.9 cm³/mol. The van der Waals surface area contributed by atoms with Gasteiger partial charge in [-0.05, 0) is 55.0 Å². The first-order valence-electron chi connectivity index (χ1n) is 8.60. The number of amides is 2. The van der Waals surface area contributed by atoms with E-state index in [0.717, 1.165) is 5.56 Å². The van der Waals surface area contributed by atoms with Gasteiger partial charge in [0.2, 0.25) is 0 Å². The van der Waals surface area contributed by atoms with Crippen molar-refractivity contribution in [2.24, 2.45) is 0 Å². The molecule has 2 N–H and O–H groups in total. The topological polar surface area (TPSA) is 85.3 Å². The Balaban J connectivity index is 1.48. The molecule has 1 aromatic heterocycles. The van der Waals surface area contributed by atoms with Crippen LogP contribution in [0, 0.1) is 5.82 Å². The molecule has 2 aromatic carbocycles. The van der Waals surface area contributed by atoms with Gasteiger partial charge in [0, 0.05) is 18.0 Å². The maximum Gasteiger partial charge on any atom is 0.279 e. The number of hydrogen-bond donors (Lipinski definition) is 2. The second-order valence-electron chi connectivity index (χ2n) is 6.06. The molecule has 144 valence electrons. The number of ether oxygens (including phenoxy) is 1. The quantitative estimate of drug-likeness (QED) is 0.641. The number of carbonyl (C=O) groups is 2. The summed E-state index contributed by atoms with van der Waals surface area (Å²) < 4.78 is 20.1. The van der Waals surface area contributed by atoms with Gasteiger partial charge in [0.1, 0.15) is 11.6 Å². The molecular formula is C20H19FN4O3. The summed E-state index contributed by atoms with van der Waals surface area (Å²) in [5.74, 6) is -1.03. The van der Waals surface area contributed by atoms with Crippen molar-refractivity contribution in [1.29, 1.82) is 0 Å². The van der Waals surface area contributed by atoms with Crippen molar-refractivity contribution < 1.29 is 18.7 Å². The van der Waals surface area contributed by atoms with Crippen LogP contribution in [0.2, 0.25) is 0 Å². The highest BCUT2D eigenvalue weighted by Crippen LogP contribution is 2.13. The van der Waals surface area contributed by atoms with Crippen molar-refractivity contribution in [3.05, 3.63) is 83.9 Å². The molecule has 7 nitrogen and oxygen atoms in total. The zero-order valence-corrected chi connectivity index (χ0v) is 15.1. The Labute approximate surface area is 161 Å². The maximum atomic E-state index is 12.9. The van der Waals surface area contributed by atoms with Crippen molar-refractivity contribution in [2.75, 3.05) is 0 Å². The van der Waals surface area contributed by atoms with Crippen LogP contribution in [0.1, 0.15) is 22.8 Å². The Kier molecular flexibility index (Phi) is 6.01. The van der Waals surface area contributed by atoms with Crippen LogP contribution in [0.3, 0.4) is 0 Å². The number of rotatable bonds is 6. The van der Waals surface area contributed by atoms with E-state index < -0.39 is 23.7 Å². The highest BCUT2D eigenvalue weighted by atomic mass is 19.1. The number of benzene rings is 2. The number of nitrogens with one attached hydrogen (secondary N) is 2. The number of halogens is 1. The van der Waals surface area contributed by atoms with E-state index in [2.05, 4.69) is 16.0 Å². The van der Waals surface area contributed by atoms with Crippen LogP contribution in [0.5, 0.6) is 5.75 Å². The van der Waals surface area contributed by atoms with Gasteiger partial charge in [-0.15, -0.1) is 0 Å². The Bertz CT molecular complexity index is 925. The van der Waals surface area contributed by atoms with Crippen molar-refractivity contribution in [1.82, 2.24) is 20.6 Å². The smallest absolute Gasteiger partial charge is 0.279 e. The van der Waals surface area contributed by atoms with Crippen molar-refractivity contribution in [3.63, 3.8) is 0 Å². The fraction of sp³-hybridized carbons (Fsp3) is 0.150. The van der Waals surface area contributed by atoms with Gasteiger partial charge in [-0.2, -0.15) is 5.10 Å². The first kappa shape index (κ1) is 19.1. The van der Waals surface area contributed by atoms with Gasteiger partial charge in [0.05, 0.1) is 6.54 Å². The van der Waals surface area contributed by atoms with Gasteiger partial charge in [-0.25, -0.2) is 4.39 Å². The molecule has 8 heteroatoms. The van der Waals surface area contributed by atoms with Crippen LogP contribution in [-0.2, 0) is 11.3 Å². The standard InChI is InChI=1S/C20H19FN4O3/c1-14(28-18-9-7-17(21)8-10-18)19(26)23-24-20(27)16-5-3-15(4-6-16)13-25-12-2-11-22-25/h2-12,14H,13H2,1H3,(H,23,26)(H,24,27). The van der Waals surface area contributed by atoms with Gasteiger partial charge in [0.25, 0.3) is 11.8 Å². The summed E-state index contributed by atoms with van der Waals surface area (Å²) in [4.78, 5) is 24.2. The van der Waals surface area contributed by atoms with E-state index in [0.29, 0.717) is 17.9 Å². The molecule has 3 aromatic rings. The van der Waals surface area contributed by atoms with Gasteiger partial charge in [-0.3, -0.25) is 25.1 Å². The summed E-state index contributed by atoms with van der Waals surface area (Å²) in [6, 6.07) is 14.1. The highest BCUT2D eigenvalue weighted by Gasteiger charge is 2.16. The summed E-state index contributed by atoms with van der Waals surface area (Å²) in [6.07, 6.45) is 2.68. The lowest BCUT2D eigenvalue weighted by Gasteiger charge is -2.15. The normalized spacial score (nSPS) is 11.5. The molecule has 1 heterocycles. The molecular weight excluding hydrogens is 363 g/mol. The second kappa shape index (κ2) is 8.81. The first-order valence-corrected chi connectivity index (χ1v) is 8.60. The molecule has 28 heavy (non-hydrogen) atoms. The molecule has 0 fully saturated rings. The van der Waals surface area contributed by atoms with Gasteiger partial charge >= 0.3 is 0 Å². The third-order valence-corrected chi connectivity index (χ3v) is 3.91. The number of nitrogens with zero attached hydrogens (tertiary/aromatic N) is 2. The molecule has 1 atom stereocenters. The van der Waals surface area contributed by atoms with E-state index in [-0.39, 0.29) is 0 Å². The van der Waals surface area contributed by atoms with Gasteiger partial charge in [-0.1, -0.05) is 12.1 Å². The number of aromatic nitrogens is 2. The average Bonchev–Trinajstić information content (AvgIpc) is 3.21. The minimum Gasteiger partial charge on any atom is -0.481 e. The number of hydrazine groups is 1. The Morgan fingerprint density at radius 3 is 2.46 bits per heavy atom. The lowest BCUT2D eigenvalue weighted by molar-refractivity contribution is -0.128. The molecule has 0 radical (unpaired) electrons. The van der Waals surface area contributed by atoms with Crippen LogP contribution in [0.25, 0.3) is 0 Å². The Morgan fingerprint density at radius 1 is 1.11 bits per heavy atom. The molecule has 3 rings (SSSR count). The molecule has 0 saturated carbocycles. The third-order valence-electron chi connectivity index (χ3n) is 3.91. The van der Waals surface area contributed by atoms with E-state index in [9.17, 15) is 14.0 Å². The van der Waals surface area contributed by atoms with Crippen LogP contribution in [0.15, 0.2) is 67.0 Å². The first-order chi connectivity index (χ1) is 13.5. The molecule has 2 amide bonds.